The molecule has 4 rings (SSSR count). The van der Waals surface area contributed by atoms with Crippen molar-refractivity contribution in [3.8, 4) is 0 Å². The number of nitrogens with zero attached hydrogens (tertiary/aromatic N) is 2. The maximum absolute atomic E-state index is 6.55. The Bertz CT molecular complexity index is 899. The minimum Gasteiger partial charge on any atom is -0.380 e. The van der Waals surface area contributed by atoms with Gasteiger partial charge in [0, 0.05) is 32.0 Å². The van der Waals surface area contributed by atoms with E-state index in [2.05, 4.69) is 65.9 Å². The van der Waals surface area contributed by atoms with Crippen molar-refractivity contribution in [3.05, 3.63) is 66.7 Å². The molecule has 28 heavy (non-hydrogen) atoms. The Balaban J connectivity index is 1.55. The van der Waals surface area contributed by atoms with Gasteiger partial charge in [-0.05, 0) is 34.6 Å². The van der Waals surface area contributed by atoms with Crippen LogP contribution in [0.5, 0.6) is 0 Å². The molecule has 0 saturated heterocycles. The number of hydrogen-bond donors (Lipinski definition) is 0. The van der Waals surface area contributed by atoms with Crippen molar-refractivity contribution in [1.82, 2.24) is 9.55 Å². The standard InChI is InChI=1S/C24H30N2O2/c1-24(2)12-11-22(21(23(24)27-3)15-26-14-13-25-17-26)28-16-19-9-6-8-18-7-4-5-10-20(18)19/h4-10,13-14,17,21-23H,11-12,15-16H2,1-3H3. The molecule has 1 aromatic heterocycles. The molecule has 1 aliphatic carbocycles. The third kappa shape index (κ3) is 3.85. The minimum absolute atomic E-state index is 0.138. The summed E-state index contributed by atoms with van der Waals surface area (Å²) in [5, 5.41) is 2.54. The van der Waals surface area contributed by atoms with Crippen molar-refractivity contribution in [2.45, 2.75) is 52.0 Å². The minimum atomic E-state index is 0.138. The zero-order valence-electron chi connectivity index (χ0n) is 17.0. The summed E-state index contributed by atoms with van der Waals surface area (Å²) in [6.45, 7) is 6.11. The number of aromatic nitrogens is 2. The van der Waals surface area contributed by atoms with E-state index in [4.69, 9.17) is 9.47 Å². The van der Waals surface area contributed by atoms with E-state index in [0.29, 0.717) is 6.61 Å². The Labute approximate surface area is 167 Å². The summed E-state index contributed by atoms with van der Waals surface area (Å²) in [7, 11) is 1.83. The van der Waals surface area contributed by atoms with Crippen molar-refractivity contribution in [2.24, 2.45) is 11.3 Å². The van der Waals surface area contributed by atoms with Crippen molar-refractivity contribution in [2.75, 3.05) is 7.11 Å². The summed E-state index contributed by atoms with van der Waals surface area (Å²) in [6, 6.07) is 15.0. The molecule has 148 valence electrons. The quantitative estimate of drug-likeness (QED) is 0.601. The monoisotopic (exact) mass is 378 g/mol. The van der Waals surface area contributed by atoms with Gasteiger partial charge in [-0.1, -0.05) is 56.3 Å². The van der Waals surface area contributed by atoms with Gasteiger partial charge in [-0.3, -0.25) is 0 Å². The van der Waals surface area contributed by atoms with Gasteiger partial charge in [-0.15, -0.1) is 0 Å². The fourth-order valence-electron chi connectivity index (χ4n) is 4.81. The lowest BCUT2D eigenvalue weighted by atomic mass is 9.68. The van der Waals surface area contributed by atoms with E-state index < -0.39 is 0 Å². The van der Waals surface area contributed by atoms with Gasteiger partial charge in [-0.2, -0.15) is 0 Å². The normalized spacial score (nSPS) is 24.5. The molecule has 0 bridgehead atoms. The third-order valence-electron chi connectivity index (χ3n) is 6.28. The molecule has 3 atom stereocenters. The summed E-state index contributed by atoms with van der Waals surface area (Å²) >= 11 is 0. The molecule has 3 aromatic rings. The van der Waals surface area contributed by atoms with Gasteiger partial charge in [-0.25, -0.2) is 4.98 Å². The molecule has 0 radical (unpaired) electrons. The average molecular weight is 379 g/mol. The predicted octanol–water partition coefficient (Wildman–Crippen LogP) is 5.07. The molecule has 0 amide bonds. The van der Waals surface area contributed by atoms with Crippen molar-refractivity contribution < 1.29 is 9.47 Å². The molecule has 1 aliphatic rings. The average Bonchev–Trinajstić information content (AvgIpc) is 3.20. The van der Waals surface area contributed by atoms with E-state index in [0.717, 1.165) is 19.4 Å². The van der Waals surface area contributed by atoms with Crippen LogP contribution >= 0.6 is 0 Å². The zero-order valence-corrected chi connectivity index (χ0v) is 17.0. The number of ether oxygens (including phenoxy) is 2. The second-order valence-electron chi connectivity index (χ2n) is 8.59. The third-order valence-corrected chi connectivity index (χ3v) is 6.28. The molecule has 4 heteroatoms. The number of methoxy groups -OCH3 is 1. The number of rotatable bonds is 6. The summed E-state index contributed by atoms with van der Waals surface area (Å²) < 4.78 is 14.7. The van der Waals surface area contributed by atoms with E-state index >= 15 is 0 Å². The van der Waals surface area contributed by atoms with Gasteiger partial charge >= 0.3 is 0 Å². The van der Waals surface area contributed by atoms with Gasteiger partial charge in [0.25, 0.3) is 0 Å². The molecular weight excluding hydrogens is 348 g/mol. The van der Waals surface area contributed by atoms with Crippen LogP contribution in [0.15, 0.2) is 61.2 Å². The Kier molecular flexibility index (Phi) is 5.51. The first-order chi connectivity index (χ1) is 13.6. The Morgan fingerprint density at radius 1 is 1.14 bits per heavy atom. The lowest BCUT2D eigenvalue weighted by molar-refractivity contribution is -0.139. The number of fused-ring (bicyclic) bond motifs is 1. The Morgan fingerprint density at radius 2 is 1.96 bits per heavy atom. The highest BCUT2D eigenvalue weighted by atomic mass is 16.5. The lowest BCUT2D eigenvalue weighted by Gasteiger charge is -2.47. The summed E-state index contributed by atoms with van der Waals surface area (Å²) in [5.41, 5.74) is 1.39. The molecule has 0 N–H and O–H groups in total. The largest absolute Gasteiger partial charge is 0.380 e. The highest BCUT2D eigenvalue weighted by Crippen LogP contribution is 2.43. The Hall–Kier alpha value is -2.17. The maximum atomic E-state index is 6.55. The molecule has 4 nitrogen and oxygen atoms in total. The first kappa shape index (κ1) is 19.2. The van der Waals surface area contributed by atoms with E-state index in [-0.39, 0.29) is 23.5 Å². The van der Waals surface area contributed by atoms with Gasteiger partial charge in [0.05, 0.1) is 25.1 Å². The molecule has 1 fully saturated rings. The van der Waals surface area contributed by atoms with Crippen LogP contribution < -0.4 is 0 Å². The van der Waals surface area contributed by atoms with Crippen molar-refractivity contribution >= 4 is 10.8 Å². The molecule has 2 aromatic carbocycles. The van der Waals surface area contributed by atoms with E-state index in [9.17, 15) is 0 Å². The molecule has 1 saturated carbocycles. The van der Waals surface area contributed by atoms with Crippen LogP contribution in [0.2, 0.25) is 0 Å². The van der Waals surface area contributed by atoms with E-state index in [1.54, 1.807) is 0 Å². The smallest absolute Gasteiger partial charge is 0.0946 e. The molecule has 3 unspecified atom stereocenters. The molecule has 0 aliphatic heterocycles. The Morgan fingerprint density at radius 3 is 2.75 bits per heavy atom. The zero-order chi connectivity index (χ0) is 19.6. The van der Waals surface area contributed by atoms with Gasteiger partial charge in [0.2, 0.25) is 0 Å². The summed E-state index contributed by atoms with van der Waals surface area (Å²) in [6.07, 6.45) is 8.22. The fraction of sp³-hybridized carbons (Fsp3) is 0.458. The van der Waals surface area contributed by atoms with Crippen molar-refractivity contribution in [3.63, 3.8) is 0 Å². The van der Waals surface area contributed by atoms with Crippen LogP contribution in [0, 0.1) is 11.3 Å². The van der Waals surface area contributed by atoms with Crippen LogP contribution in [0.3, 0.4) is 0 Å². The molecule has 1 heterocycles. The van der Waals surface area contributed by atoms with E-state index in [1.807, 2.05) is 25.8 Å². The maximum Gasteiger partial charge on any atom is 0.0946 e. The van der Waals surface area contributed by atoms with Gasteiger partial charge < -0.3 is 14.0 Å². The summed E-state index contributed by atoms with van der Waals surface area (Å²) in [5.74, 6) is 0.290. The van der Waals surface area contributed by atoms with Crippen LogP contribution in [0.25, 0.3) is 10.8 Å². The predicted molar refractivity (Wildman–Crippen MR) is 112 cm³/mol. The van der Waals surface area contributed by atoms with Crippen molar-refractivity contribution in [1.29, 1.82) is 0 Å². The fourth-order valence-corrected chi connectivity index (χ4v) is 4.81. The number of imidazole rings is 1. The lowest BCUT2D eigenvalue weighted by Crippen LogP contribution is -2.50. The second kappa shape index (κ2) is 8.06. The SMILES string of the molecule is COC1C(Cn2ccnc2)C(OCc2cccc3ccccc23)CCC1(C)C. The second-order valence-corrected chi connectivity index (χ2v) is 8.59. The molecule has 0 spiro atoms. The van der Waals surface area contributed by atoms with Gasteiger partial charge in [0.15, 0.2) is 0 Å². The highest BCUT2D eigenvalue weighted by molar-refractivity contribution is 5.85. The van der Waals surface area contributed by atoms with Crippen LogP contribution in [0.1, 0.15) is 32.3 Å². The summed E-state index contributed by atoms with van der Waals surface area (Å²) in [4.78, 5) is 4.21. The van der Waals surface area contributed by atoms with Gasteiger partial charge in [0.1, 0.15) is 0 Å². The topological polar surface area (TPSA) is 36.3 Å². The number of hydrogen-bond acceptors (Lipinski definition) is 3. The van der Waals surface area contributed by atoms with Crippen LogP contribution in [-0.2, 0) is 22.6 Å². The molecular formula is C24H30N2O2. The first-order valence-corrected chi connectivity index (χ1v) is 10.2. The van der Waals surface area contributed by atoms with Crippen LogP contribution in [0.4, 0.5) is 0 Å². The van der Waals surface area contributed by atoms with E-state index in [1.165, 1.54) is 16.3 Å². The van der Waals surface area contributed by atoms with Crippen LogP contribution in [-0.4, -0.2) is 28.9 Å². The first-order valence-electron chi connectivity index (χ1n) is 10.2. The highest BCUT2D eigenvalue weighted by Gasteiger charge is 2.45. The number of benzene rings is 2.